The second kappa shape index (κ2) is 13.4. The summed E-state index contributed by atoms with van der Waals surface area (Å²) in [6, 6.07) is 15.8. The molecule has 0 amide bonds. The molecule has 0 spiro atoms. The van der Waals surface area contributed by atoms with Crippen molar-refractivity contribution in [2.45, 2.75) is 20.1 Å². The summed E-state index contributed by atoms with van der Waals surface area (Å²) in [4.78, 5) is 4.61. The molecule has 0 bridgehead atoms. The number of aliphatic hydroxyl groups excluding tert-OH is 1. The maximum Gasteiger partial charge on any atom is 0.191 e. The third-order valence-corrected chi connectivity index (χ3v) is 3.99. The average molecular weight is 402 g/mol. The van der Waals surface area contributed by atoms with Crippen LogP contribution in [0, 0.1) is 0 Å². The highest BCUT2D eigenvalue weighted by atomic mass is 16.5. The third kappa shape index (κ3) is 8.41. The molecule has 0 saturated heterocycles. The number of guanidine groups is 1. The van der Waals surface area contributed by atoms with E-state index in [-0.39, 0.29) is 13.2 Å². The van der Waals surface area contributed by atoms with E-state index in [4.69, 9.17) is 19.3 Å². The van der Waals surface area contributed by atoms with Crippen molar-refractivity contribution in [3.8, 4) is 11.5 Å². The molecule has 29 heavy (non-hydrogen) atoms. The van der Waals surface area contributed by atoms with E-state index in [0.717, 1.165) is 23.6 Å². The van der Waals surface area contributed by atoms with Gasteiger partial charge in [-0.15, -0.1) is 0 Å². The first kappa shape index (κ1) is 22.5. The summed E-state index contributed by atoms with van der Waals surface area (Å²) in [5.41, 5.74) is 2.16. The second-order valence-corrected chi connectivity index (χ2v) is 6.22. The van der Waals surface area contributed by atoms with E-state index >= 15 is 0 Å². The van der Waals surface area contributed by atoms with Crippen LogP contribution in [-0.4, -0.2) is 51.1 Å². The molecule has 2 rings (SSSR count). The number of benzene rings is 2. The van der Waals surface area contributed by atoms with E-state index in [0.29, 0.717) is 37.8 Å². The maximum absolute atomic E-state index is 8.90. The number of rotatable bonds is 12. The number of aliphatic imine (C=N–C) groups is 1. The molecule has 2 aromatic carbocycles. The second-order valence-electron chi connectivity index (χ2n) is 6.22. The Bertz CT molecular complexity index is 738. The normalized spacial score (nSPS) is 11.2. The van der Waals surface area contributed by atoms with Crippen LogP contribution in [0.2, 0.25) is 0 Å². The zero-order valence-electron chi connectivity index (χ0n) is 17.2. The van der Waals surface area contributed by atoms with Crippen molar-refractivity contribution < 1.29 is 19.3 Å². The fourth-order valence-electron chi connectivity index (χ4n) is 2.60. The molecule has 7 nitrogen and oxygen atoms in total. The summed E-state index contributed by atoms with van der Waals surface area (Å²) in [5, 5.41) is 15.4. The number of ether oxygens (including phenoxy) is 3. The summed E-state index contributed by atoms with van der Waals surface area (Å²) < 4.78 is 16.5. The molecule has 0 unspecified atom stereocenters. The van der Waals surface area contributed by atoms with Crippen molar-refractivity contribution >= 4 is 5.96 Å². The smallest absolute Gasteiger partial charge is 0.191 e. The Hall–Kier alpha value is -2.77. The highest BCUT2D eigenvalue weighted by molar-refractivity contribution is 5.79. The summed E-state index contributed by atoms with van der Waals surface area (Å²) in [5.74, 6) is 1.96. The first-order valence-electron chi connectivity index (χ1n) is 9.81. The van der Waals surface area contributed by atoms with E-state index in [2.05, 4.69) is 15.6 Å². The largest absolute Gasteiger partial charge is 0.493 e. The first-order chi connectivity index (χ1) is 14.3. The Kier molecular flexibility index (Phi) is 10.4. The van der Waals surface area contributed by atoms with Crippen LogP contribution in [0.15, 0.2) is 53.5 Å². The monoisotopic (exact) mass is 401 g/mol. The number of hydrogen-bond acceptors (Lipinski definition) is 5. The van der Waals surface area contributed by atoms with Crippen LogP contribution < -0.4 is 20.1 Å². The molecule has 3 N–H and O–H groups in total. The summed E-state index contributed by atoms with van der Waals surface area (Å²) in [6.45, 7) is 5.33. The van der Waals surface area contributed by atoms with Gasteiger partial charge in [-0.2, -0.15) is 0 Å². The average Bonchev–Trinajstić information content (AvgIpc) is 2.76. The van der Waals surface area contributed by atoms with E-state index < -0.39 is 0 Å². The maximum atomic E-state index is 8.90. The Morgan fingerprint density at radius 3 is 2.55 bits per heavy atom. The Morgan fingerprint density at radius 2 is 1.83 bits per heavy atom. The van der Waals surface area contributed by atoms with Gasteiger partial charge in [0.2, 0.25) is 0 Å². The van der Waals surface area contributed by atoms with Gasteiger partial charge in [-0.3, -0.25) is 0 Å². The molecular weight excluding hydrogens is 370 g/mol. The SMILES string of the molecule is CCNC(=NCc1ccc(OCCO)c(OC)c1)NCCOCc1ccccc1. The Morgan fingerprint density at radius 1 is 1.00 bits per heavy atom. The van der Waals surface area contributed by atoms with Crippen molar-refractivity contribution in [1.29, 1.82) is 0 Å². The van der Waals surface area contributed by atoms with Gasteiger partial charge in [0.05, 0.1) is 33.5 Å². The predicted molar refractivity (Wildman–Crippen MR) is 114 cm³/mol. The topological polar surface area (TPSA) is 84.3 Å². The minimum Gasteiger partial charge on any atom is -0.493 e. The lowest BCUT2D eigenvalue weighted by molar-refractivity contribution is 0.125. The molecule has 0 aliphatic rings. The van der Waals surface area contributed by atoms with Gasteiger partial charge in [-0.1, -0.05) is 36.4 Å². The molecule has 158 valence electrons. The minimum absolute atomic E-state index is 0.0397. The molecule has 0 aromatic heterocycles. The minimum atomic E-state index is -0.0397. The van der Waals surface area contributed by atoms with Crippen LogP contribution in [-0.2, 0) is 17.9 Å². The quantitative estimate of drug-likeness (QED) is 0.288. The molecule has 0 fully saturated rings. The highest BCUT2D eigenvalue weighted by Crippen LogP contribution is 2.28. The predicted octanol–water partition coefficient (Wildman–Crippen LogP) is 2.34. The Balaban J connectivity index is 1.82. The molecule has 0 radical (unpaired) electrons. The van der Waals surface area contributed by atoms with E-state index in [9.17, 15) is 0 Å². The summed E-state index contributed by atoms with van der Waals surface area (Å²) in [6.07, 6.45) is 0. The van der Waals surface area contributed by atoms with E-state index in [1.54, 1.807) is 7.11 Å². The Labute approximate surface area is 172 Å². The molecular formula is C22H31N3O4. The fraction of sp³-hybridized carbons (Fsp3) is 0.409. The van der Waals surface area contributed by atoms with Crippen LogP contribution in [0.1, 0.15) is 18.1 Å². The standard InChI is InChI=1S/C22H31N3O4/c1-3-23-22(24-11-13-28-17-18-7-5-4-6-8-18)25-16-19-9-10-20(29-14-12-26)21(15-19)27-2/h4-10,15,26H,3,11-14,16-17H2,1-2H3,(H2,23,24,25). The number of aliphatic hydroxyl groups is 1. The lowest BCUT2D eigenvalue weighted by Gasteiger charge is -2.13. The van der Waals surface area contributed by atoms with E-state index in [1.807, 2.05) is 55.5 Å². The van der Waals surface area contributed by atoms with Crippen LogP contribution in [0.4, 0.5) is 0 Å². The fourth-order valence-corrected chi connectivity index (χ4v) is 2.60. The van der Waals surface area contributed by atoms with Crippen molar-refractivity contribution in [3.63, 3.8) is 0 Å². The third-order valence-electron chi connectivity index (χ3n) is 3.99. The molecule has 0 aliphatic carbocycles. The van der Waals surface area contributed by atoms with Crippen molar-refractivity contribution in [3.05, 3.63) is 59.7 Å². The van der Waals surface area contributed by atoms with Gasteiger partial charge in [-0.25, -0.2) is 4.99 Å². The van der Waals surface area contributed by atoms with Gasteiger partial charge >= 0.3 is 0 Å². The zero-order valence-corrected chi connectivity index (χ0v) is 17.2. The van der Waals surface area contributed by atoms with Crippen LogP contribution >= 0.6 is 0 Å². The van der Waals surface area contributed by atoms with Crippen molar-refractivity contribution in [2.75, 3.05) is 40.0 Å². The van der Waals surface area contributed by atoms with Gasteiger partial charge in [0.1, 0.15) is 6.61 Å². The summed E-state index contributed by atoms with van der Waals surface area (Å²) in [7, 11) is 1.59. The van der Waals surface area contributed by atoms with Crippen molar-refractivity contribution in [1.82, 2.24) is 10.6 Å². The first-order valence-corrected chi connectivity index (χ1v) is 9.81. The molecule has 2 aromatic rings. The number of nitrogens with zero attached hydrogens (tertiary/aromatic N) is 1. The lowest BCUT2D eigenvalue weighted by atomic mass is 10.2. The molecule has 0 heterocycles. The van der Waals surface area contributed by atoms with E-state index in [1.165, 1.54) is 0 Å². The zero-order chi connectivity index (χ0) is 20.7. The van der Waals surface area contributed by atoms with Crippen LogP contribution in [0.3, 0.4) is 0 Å². The number of methoxy groups -OCH3 is 1. The van der Waals surface area contributed by atoms with Gasteiger partial charge in [-0.05, 0) is 30.2 Å². The van der Waals surface area contributed by atoms with Gasteiger partial charge in [0, 0.05) is 13.1 Å². The highest BCUT2D eigenvalue weighted by Gasteiger charge is 2.06. The van der Waals surface area contributed by atoms with Crippen LogP contribution in [0.25, 0.3) is 0 Å². The van der Waals surface area contributed by atoms with Gasteiger partial charge in [0.15, 0.2) is 17.5 Å². The summed E-state index contributed by atoms with van der Waals surface area (Å²) >= 11 is 0. The molecule has 0 saturated carbocycles. The van der Waals surface area contributed by atoms with Crippen molar-refractivity contribution in [2.24, 2.45) is 4.99 Å². The molecule has 0 aliphatic heterocycles. The number of hydrogen-bond donors (Lipinski definition) is 3. The lowest BCUT2D eigenvalue weighted by Crippen LogP contribution is -2.38. The van der Waals surface area contributed by atoms with Gasteiger partial charge in [0.25, 0.3) is 0 Å². The molecule has 0 atom stereocenters. The van der Waals surface area contributed by atoms with Crippen LogP contribution in [0.5, 0.6) is 11.5 Å². The molecule has 7 heteroatoms. The number of nitrogens with one attached hydrogen (secondary N) is 2. The van der Waals surface area contributed by atoms with Gasteiger partial charge < -0.3 is 30.0 Å².